The van der Waals surface area contributed by atoms with Gasteiger partial charge in [-0.15, -0.1) is 0 Å². The van der Waals surface area contributed by atoms with Gasteiger partial charge < -0.3 is 15.4 Å². The Morgan fingerprint density at radius 3 is 2.81 bits per heavy atom. The first-order valence-electron chi connectivity index (χ1n) is 6.99. The summed E-state index contributed by atoms with van der Waals surface area (Å²) in [4.78, 5) is 27.0. The zero-order valence-electron chi connectivity index (χ0n) is 12.2. The van der Waals surface area contributed by atoms with Crippen molar-refractivity contribution < 1.29 is 14.3 Å². The largest absolute Gasteiger partial charge is 0.383 e. The van der Waals surface area contributed by atoms with Crippen molar-refractivity contribution in [2.75, 3.05) is 44.8 Å². The Morgan fingerprint density at radius 1 is 1.33 bits per heavy atom. The molecule has 0 radical (unpaired) electrons. The van der Waals surface area contributed by atoms with E-state index in [0.717, 1.165) is 12.1 Å². The molecule has 0 fully saturated rings. The fourth-order valence-electron chi connectivity index (χ4n) is 2.53. The van der Waals surface area contributed by atoms with E-state index in [1.807, 2.05) is 24.3 Å². The van der Waals surface area contributed by atoms with E-state index in [4.69, 9.17) is 10.5 Å². The first-order valence-corrected chi connectivity index (χ1v) is 6.99. The van der Waals surface area contributed by atoms with E-state index in [-0.39, 0.29) is 19.0 Å². The highest BCUT2D eigenvalue weighted by Crippen LogP contribution is 2.27. The van der Waals surface area contributed by atoms with Gasteiger partial charge in [-0.2, -0.15) is 0 Å². The van der Waals surface area contributed by atoms with Gasteiger partial charge in [-0.3, -0.25) is 14.5 Å². The van der Waals surface area contributed by atoms with Gasteiger partial charge in [0.2, 0.25) is 11.8 Å². The van der Waals surface area contributed by atoms with Gasteiger partial charge in [0.05, 0.1) is 19.7 Å². The summed E-state index contributed by atoms with van der Waals surface area (Å²) < 4.78 is 5.00. The highest BCUT2D eigenvalue weighted by Gasteiger charge is 2.25. The van der Waals surface area contributed by atoms with Crippen LogP contribution in [0.2, 0.25) is 0 Å². The van der Waals surface area contributed by atoms with Crippen LogP contribution in [-0.2, 0) is 20.7 Å². The second-order valence-corrected chi connectivity index (χ2v) is 5.09. The smallest absolute Gasteiger partial charge is 0.241 e. The van der Waals surface area contributed by atoms with Crippen LogP contribution in [0.15, 0.2) is 24.3 Å². The number of nitrogens with two attached hydrogens (primary N) is 1. The fraction of sp³-hybridized carbons (Fsp3) is 0.467. The second-order valence-electron chi connectivity index (χ2n) is 5.09. The highest BCUT2D eigenvalue weighted by molar-refractivity contribution is 5.97. The van der Waals surface area contributed by atoms with Crippen LogP contribution < -0.4 is 10.6 Å². The minimum absolute atomic E-state index is 0.0164. The molecule has 21 heavy (non-hydrogen) atoms. The quantitative estimate of drug-likeness (QED) is 0.768. The van der Waals surface area contributed by atoms with Gasteiger partial charge in [0.1, 0.15) is 0 Å². The zero-order valence-corrected chi connectivity index (χ0v) is 12.2. The Labute approximate surface area is 124 Å². The Balaban J connectivity index is 2.00. The normalized spacial score (nSPS) is 13.5. The maximum Gasteiger partial charge on any atom is 0.241 e. The molecule has 2 N–H and O–H groups in total. The lowest BCUT2D eigenvalue weighted by Crippen LogP contribution is -2.44. The summed E-state index contributed by atoms with van der Waals surface area (Å²) in [6.45, 7) is 1.87. The molecule has 0 unspecified atom stereocenters. The highest BCUT2D eigenvalue weighted by atomic mass is 16.5. The summed E-state index contributed by atoms with van der Waals surface area (Å²) >= 11 is 0. The molecule has 1 aliphatic heterocycles. The van der Waals surface area contributed by atoms with Gasteiger partial charge in [0.25, 0.3) is 0 Å². The fourth-order valence-corrected chi connectivity index (χ4v) is 2.53. The number of hydrogen-bond acceptors (Lipinski definition) is 4. The number of para-hydroxylation sites is 1. The molecular weight excluding hydrogens is 270 g/mol. The zero-order chi connectivity index (χ0) is 15.2. The number of rotatable bonds is 7. The molecule has 1 aromatic rings. The maximum absolute atomic E-state index is 12.5. The number of carbonyl (C=O) groups is 2. The van der Waals surface area contributed by atoms with E-state index in [9.17, 15) is 9.59 Å². The number of primary amides is 1. The number of carbonyl (C=O) groups excluding carboxylic acids is 2. The Morgan fingerprint density at radius 2 is 2.10 bits per heavy atom. The van der Waals surface area contributed by atoms with Crippen molar-refractivity contribution in [2.45, 2.75) is 6.42 Å². The van der Waals surface area contributed by atoms with Crippen molar-refractivity contribution in [3.05, 3.63) is 29.8 Å². The van der Waals surface area contributed by atoms with Crippen LogP contribution in [0.5, 0.6) is 0 Å². The van der Waals surface area contributed by atoms with E-state index < -0.39 is 5.91 Å². The van der Waals surface area contributed by atoms with Crippen LogP contribution in [-0.4, -0.2) is 56.6 Å². The first-order chi connectivity index (χ1) is 10.1. The average molecular weight is 291 g/mol. The number of methoxy groups -OCH3 is 1. The molecule has 0 aliphatic carbocycles. The van der Waals surface area contributed by atoms with E-state index in [1.165, 1.54) is 5.56 Å². The lowest BCUT2D eigenvalue weighted by molar-refractivity contribution is -0.122. The molecule has 1 heterocycles. The molecule has 114 valence electrons. The van der Waals surface area contributed by atoms with Crippen molar-refractivity contribution in [1.29, 1.82) is 0 Å². The van der Waals surface area contributed by atoms with Crippen LogP contribution in [0, 0.1) is 0 Å². The molecule has 1 aromatic carbocycles. The average Bonchev–Trinajstić information content (AvgIpc) is 2.88. The van der Waals surface area contributed by atoms with Gasteiger partial charge in [-0.1, -0.05) is 18.2 Å². The summed E-state index contributed by atoms with van der Waals surface area (Å²) in [5.41, 5.74) is 7.37. The molecule has 0 atom stereocenters. The number of anilines is 1. The summed E-state index contributed by atoms with van der Waals surface area (Å²) in [6, 6.07) is 7.89. The molecule has 2 amide bonds. The molecule has 1 aliphatic rings. The monoisotopic (exact) mass is 291 g/mol. The lowest BCUT2D eigenvalue weighted by atomic mass is 10.2. The minimum atomic E-state index is -0.444. The summed E-state index contributed by atoms with van der Waals surface area (Å²) in [5.74, 6) is -0.460. The Hall–Kier alpha value is -1.92. The van der Waals surface area contributed by atoms with Gasteiger partial charge in [0.15, 0.2) is 0 Å². The molecule has 0 aromatic heterocycles. The molecule has 0 saturated heterocycles. The molecule has 0 bridgehead atoms. The topological polar surface area (TPSA) is 75.9 Å². The molecule has 6 heteroatoms. The SMILES string of the molecule is COCCN(CC(N)=O)CC(=O)N1CCc2ccccc21. The van der Waals surface area contributed by atoms with Gasteiger partial charge in [0, 0.05) is 25.9 Å². The van der Waals surface area contributed by atoms with Gasteiger partial charge in [-0.05, 0) is 18.1 Å². The third-order valence-electron chi connectivity index (χ3n) is 3.54. The Kier molecular flexibility index (Phi) is 5.30. The van der Waals surface area contributed by atoms with Crippen LogP contribution >= 0.6 is 0 Å². The van der Waals surface area contributed by atoms with Crippen molar-refractivity contribution in [3.8, 4) is 0 Å². The molecular formula is C15H21N3O3. The number of ether oxygens (including phenoxy) is 1. The van der Waals surface area contributed by atoms with E-state index in [2.05, 4.69) is 0 Å². The third kappa shape index (κ3) is 4.03. The van der Waals surface area contributed by atoms with Crippen molar-refractivity contribution in [1.82, 2.24) is 4.90 Å². The van der Waals surface area contributed by atoms with Gasteiger partial charge in [-0.25, -0.2) is 0 Å². The number of hydrogen-bond donors (Lipinski definition) is 1. The van der Waals surface area contributed by atoms with Crippen molar-refractivity contribution in [3.63, 3.8) is 0 Å². The molecule has 0 saturated carbocycles. The minimum Gasteiger partial charge on any atom is -0.383 e. The van der Waals surface area contributed by atoms with Gasteiger partial charge >= 0.3 is 0 Å². The van der Waals surface area contributed by atoms with Crippen molar-refractivity contribution >= 4 is 17.5 Å². The molecule has 2 rings (SSSR count). The number of amides is 2. The number of benzene rings is 1. The molecule has 0 spiro atoms. The lowest BCUT2D eigenvalue weighted by Gasteiger charge is -2.24. The van der Waals surface area contributed by atoms with Crippen LogP contribution in [0.3, 0.4) is 0 Å². The van der Waals surface area contributed by atoms with Crippen LogP contribution in [0.4, 0.5) is 5.69 Å². The predicted octanol–water partition coefficient (Wildman–Crippen LogP) is 0.00940. The molecule has 6 nitrogen and oxygen atoms in total. The van der Waals surface area contributed by atoms with Crippen molar-refractivity contribution in [2.24, 2.45) is 5.73 Å². The second kappa shape index (κ2) is 7.19. The first kappa shape index (κ1) is 15.5. The summed E-state index contributed by atoms with van der Waals surface area (Å²) in [6.07, 6.45) is 0.871. The van der Waals surface area contributed by atoms with E-state index in [0.29, 0.717) is 19.7 Å². The Bertz CT molecular complexity index is 519. The summed E-state index contributed by atoms with van der Waals surface area (Å²) in [5, 5.41) is 0. The summed E-state index contributed by atoms with van der Waals surface area (Å²) in [7, 11) is 1.58. The van der Waals surface area contributed by atoms with E-state index >= 15 is 0 Å². The van der Waals surface area contributed by atoms with Crippen LogP contribution in [0.1, 0.15) is 5.56 Å². The standard InChI is InChI=1S/C15H21N3O3/c1-21-9-8-17(10-14(16)19)11-15(20)18-7-6-12-4-2-3-5-13(12)18/h2-5H,6-11H2,1H3,(H2,16,19). The van der Waals surface area contributed by atoms with Crippen LogP contribution in [0.25, 0.3) is 0 Å². The number of fused-ring (bicyclic) bond motifs is 1. The maximum atomic E-state index is 12.5. The predicted molar refractivity (Wildman–Crippen MR) is 80.0 cm³/mol. The van der Waals surface area contributed by atoms with E-state index in [1.54, 1.807) is 16.9 Å². The third-order valence-corrected chi connectivity index (χ3v) is 3.54. The number of nitrogens with zero attached hydrogens (tertiary/aromatic N) is 2.